The van der Waals surface area contributed by atoms with Crippen LogP contribution in [0.4, 0.5) is 0 Å². The van der Waals surface area contributed by atoms with Crippen LogP contribution in [0.25, 0.3) is 0 Å². The molecule has 0 rings (SSSR count). The molecule has 0 aromatic carbocycles. The Morgan fingerprint density at radius 2 is 1.29 bits per heavy atom. The Balaban J connectivity index is 3.61. The monoisotopic (exact) mass is 340 g/mol. The first kappa shape index (κ1) is 20.3. The summed E-state index contributed by atoms with van der Waals surface area (Å²) in [5.74, 6) is -1.12. The minimum atomic E-state index is -0.633. The van der Waals surface area contributed by atoms with Crippen molar-refractivity contribution >= 4 is 16.4 Å². The molecule has 0 saturated heterocycles. The van der Waals surface area contributed by atoms with Gasteiger partial charge in [0.15, 0.2) is 0 Å². The van der Waals surface area contributed by atoms with Crippen molar-refractivity contribution in [3.63, 3.8) is 0 Å². The van der Waals surface area contributed by atoms with Gasteiger partial charge in [-0.15, -0.1) is 0 Å². The molecule has 0 bridgehead atoms. The van der Waals surface area contributed by atoms with E-state index < -0.39 is 11.9 Å². The quantitative estimate of drug-likeness (QED) is 0.233. The van der Waals surface area contributed by atoms with Crippen LogP contribution in [0.2, 0.25) is 0 Å². The zero-order valence-corrected chi connectivity index (χ0v) is 14.4. The van der Waals surface area contributed by atoms with Gasteiger partial charge in [0.2, 0.25) is 0 Å². The number of carbonyl (C=O) groups excluding carboxylic acids is 2. The van der Waals surface area contributed by atoms with E-state index in [0.717, 1.165) is 44.9 Å². The van der Waals surface area contributed by atoms with Gasteiger partial charge in [-0.05, 0) is 0 Å². The van der Waals surface area contributed by atoms with Gasteiger partial charge in [0, 0.05) is 0 Å². The van der Waals surface area contributed by atoms with Crippen molar-refractivity contribution in [3.8, 4) is 0 Å². The van der Waals surface area contributed by atoms with E-state index in [1.165, 1.54) is 12.8 Å². The summed E-state index contributed by atoms with van der Waals surface area (Å²) >= 11 is 3.66. The molecule has 4 nitrogen and oxygen atoms in total. The van der Waals surface area contributed by atoms with E-state index in [1.54, 1.807) is 0 Å². The van der Waals surface area contributed by atoms with E-state index in [-0.39, 0.29) is 0 Å². The Morgan fingerprint density at radius 3 is 1.90 bits per heavy atom. The van der Waals surface area contributed by atoms with Crippen LogP contribution in [0, 0.1) is 0 Å². The van der Waals surface area contributed by atoms with Gasteiger partial charge >= 0.3 is 136 Å². The van der Waals surface area contributed by atoms with Gasteiger partial charge in [-0.2, -0.15) is 0 Å². The molecule has 0 aliphatic rings. The zero-order valence-electron chi connectivity index (χ0n) is 13.3. The third kappa shape index (κ3) is 12.8. The van der Waals surface area contributed by atoms with E-state index in [1.807, 2.05) is 0 Å². The summed E-state index contributed by atoms with van der Waals surface area (Å²) in [5.41, 5.74) is 0. The van der Waals surface area contributed by atoms with E-state index in [9.17, 15) is 9.59 Å². The van der Waals surface area contributed by atoms with Crippen molar-refractivity contribution in [1.29, 1.82) is 0 Å². The van der Waals surface area contributed by atoms with Crippen LogP contribution in [0.5, 0.6) is 0 Å². The van der Waals surface area contributed by atoms with Gasteiger partial charge in [-0.3, -0.25) is 0 Å². The summed E-state index contributed by atoms with van der Waals surface area (Å²) in [6, 6.07) is 0. The number of rotatable bonds is 12. The predicted molar refractivity (Wildman–Crippen MR) is 79.3 cm³/mol. The third-order valence-electron chi connectivity index (χ3n) is 3.15. The molecule has 0 aromatic heterocycles. The van der Waals surface area contributed by atoms with Crippen LogP contribution in [0.3, 0.4) is 0 Å². The van der Waals surface area contributed by atoms with Crippen molar-refractivity contribution in [2.75, 3.05) is 0 Å². The summed E-state index contributed by atoms with van der Waals surface area (Å²) in [4.78, 5) is 31.9. The van der Waals surface area contributed by atoms with Gasteiger partial charge in [0.05, 0.1) is 0 Å². The second-order valence-corrected chi connectivity index (χ2v) is 5.86. The van der Waals surface area contributed by atoms with Crippen LogP contribution in [-0.2, 0) is 34.9 Å². The molecule has 21 heavy (non-hydrogen) atoms. The first-order chi connectivity index (χ1) is 10.1. The van der Waals surface area contributed by atoms with Crippen molar-refractivity contribution in [2.45, 2.75) is 84.5 Å². The number of hydrogen-bond donors (Lipinski definition) is 0. The molecular formula is C16H28FeO4+. The Labute approximate surface area is 136 Å². The molecule has 123 valence electrons. The first-order valence-corrected chi connectivity index (χ1v) is 8.58. The van der Waals surface area contributed by atoms with E-state index in [2.05, 4.69) is 39.2 Å². The Bertz CT molecular complexity index is 315. The van der Waals surface area contributed by atoms with Gasteiger partial charge in [0.1, 0.15) is 0 Å². The van der Waals surface area contributed by atoms with Crippen LogP contribution in [-0.4, -0.2) is 16.4 Å². The van der Waals surface area contributed by atoms with Gasteiger partial charge < -0.3 is 0 Å². The Hall–Kier alpha value is -0.671. The van der Waals surface area contributed by atoms with Crippen LogP contribution in [0.1, 0.15) is 84.5 Å². The molecule has 0 N–H and O–H groups in total. The summed E-state index contributed by atoms with van der Waals surface area (Å²) in [6.07, 6.45) is 10.4. The van der Waals surface area contributed by atoms with Gasteiger partial charge in [-0.25, -0.2) is 0 Å². The molecule has 0 atom stereocenters. The number of carbonyl (C=O) groups is 2. The van der Waals surface area contributed by atoms with E-state index in [0.29, 0.717) is 17.3 Å². The average molecular weight is 340 g/mol. The normalized spacial score (nSPS) is 10.2. The molecule has 0 fully saturated rings. The van der Waals surface area contributed by atoms with E-state index in [4.69, 9.17) is 0 Å². The molecule has 0 amide bonds. The predicted octanol–water partition coefficient (Wildman–Crippen LogP) is 4.04. The average Bonchev–Trinajstić information content (AvgIpc) is 2.48. The van der Waals surface area contributed by atoms with Crippen molar-refractivity contribution in [1.82, 2.24) is 0 Å². The summed E-state index contributed by atoms with van der Waals surface area (Å²) < 4.78 is 0.363. The fourth-order valence-electron chi connectivity index (χ4n) is 1.85. The minimum absolute atomic E-state index is 0.292. The van der Waals surface area contributed by atoms with Crippen LogP contribution in [0.15, 0.2) is 0 Å². The molecule has 0 heterocycles. The van der Waals surface area contributed by atoms with Crippen molar-refractivity contribution in [2.24, 2.45) is 0 Å². The fraction of sp³-hybridized carbons (Fsp3) is 0.812. The maximum absolute atomic E-state index is 11.5. The van der Waals surface area contributed by atoms with Crippen LogP contribution >= 0.6 is 0 Å². The molecule has 0 aromatic rings. The summed E-state index contributed by atoms with van der Waals surface area (Å²) in [5, 5.41) is 0. The summed E-state index contributed by atoms with van der Waals surface area (Å²) in [6.45, 7) is 4.27. The fourth-order valence-corrected chi connectivity index (χ4v) is 2.09. The SMILES string of the molecule is CCCCCCCC(=O)OOC(=O)[C](=[Fe+])CCCCCC. The van der Waals surface area contributed by atoms with Crippen molar-refractivity contribution < 1.29 is 34.9 Å². The van der Waals surface area contributed by atoms with E-state index >= 15 is 0 Å². The third-order valence-corrected chi connectivity index (χ3v) is 3.66. The Morgan fingerprint density at radius 1 is 0.762 bits per heavy atom. The zero-order chi connectivity index (χ0) is 15.9. The molecule has 0 saturated carbocycles. The van der Waals surface area contributed by atoms with Gasteiger partial charge in [-0.1, -0.05) is 0 Å². The standard InChI is InChI=1S/C16H28O4.Fe/c1-3-5-7-9-11-13-15(17)19-20-16(18)14-12-10-8-6-4-2;/h3-13H2,1-2H3;/q;+1. The molecule has 0 aliphatic carbocycles. The van der Waals surface area contributed by atoms with Gasteiger partial charge in [0.25, 0.3) is 0 Å². The topological polar surface area (TPSA) is 52.6 Å². The number of unbranched alkanes of at least 4 members (excludes halogenated alkanes) is 7. The Kier molecular flexibility index (Phi) is 13.8. The second-order valence-electron chi connectivity index (χ2n) is 5.19. The maximum atomic E-state index is 11.5. The molecule has 0 spiro atoms. The second kappa shape index (κ2) is 14.3. The summed E-state index contributed by atoms with van der Waals surface area (Å²) in [7, 11) is 0. The molecule has 0 aliphatic heterocycles. The van der Waals surface area contributed by atoms with Crippen molar-refractivity contribution in [3.05, 3.63) is 0 Å². The molecule has 0 radical (unpaired) electrons. The molecule has 0 unspecified atom stereocenters. The number of hydrogen-bond acceptors (Lipinski definition) is 4. The van der Waals surface area contributed by atoms with Crippen LogP contribution < -0.4 is 0 Å². The molecule has 5 heteroatoms. The first-order valence-electron chi connectivity index (χ1n) is 8.03. The molecular weight excluding hydrogens is 312 g/mol.